The molecule has 28 heavy (non-hydrogen) atoms. The van der Waals surface area contributed by atoms with Crippen LogP contribution < -0.4 is 16.0 Å². The Morgan fingerprint density at radius 1 is 0.964 bits per heavy atom. The Bertz CT molecular complexity index is 1120. The number of anilines is 5. The third-order valence-corrected chi connectivity index (χ3v) is 5.31. The molecule has 4 rings (SSSR count). The van der Waals surface area contributed by atoms with Crippen molar-refractivity contribution in [3.8, 4) is 0 Å². The lowest BCUT2D eigenvalue weighted by molar-refractivity contribution is 0.985. The summed E-state index contributed by atoms with van der Waals surface area (Å²) in [6.07, 6.45) is 1.54. The molecule has 1 aromatic heterocycles. The number of nitrogen functional groups attached to an aromatic ring is 1. The van der Waals surface area contributed by atoms with Gasteiger partial charge in [0.25, 0.3) is 0 Å². The summed E-state index contributed by atoms with van der Waals surface area (Å²) in [5.41, 5.74) is 8.96. The van der Waals surface area contributed by atoms with Gasteiger partial charge in [0.15, 0.2) is 11.6 Å². The lowest BCUT2D eigenvalue weighted by Gasteiger charge is -2.25. The molecule has 0 spiro atoms. The molecule has 1 heterocycles. The SMILES string of the molecule is CCN(c1ncnc(Nc2ccccc2Br)c1N)c1cccc2ccccc12. The molecule has 0 amide bonds. The molecule has 6 heteroatoms. The van der Waals surface area contributed by atoms with Gasteiger partial charge in [-0.3, -0.25) is 0 Å². The van der Waals surface area contributed by atoms with E-state index in [9.17, 15) is 0 Å². The summed E-state index contributed by atoms with van der Waals surface area (Å²) in [4.78, 5) is 11.0. The minimum atomic E-state index is 0.507. The van der Waals surface area contributed by atoms with E-state index in [1.165, 1.54) is 5.39 Å². The van der Waals surface area contributed by atoms with E-state index in [0.717, 1.165) is 27.8 Å². The van der Waals surface area contributed by atoms with E-state index in [0.29, 0.717) is 17.3 Å². The molecule has 0 radical (unpaired) electrons. The van der Waals surface area contributed by atoms with Crippen LogP contribution in [0.15, 0.2) is 77.5 Å². The van der Waals surface area contributed by atoms with Crippen molar-refractivity contribution in [1.82, 2.24) is 9.97 Å². The molecule has 0 unspecified atom stereocenters. The first-order valence-electron chi connectivity index (χ1n) is 9.06. The van der Waals surface area contributed by atoms with Crippen molar-refractivity contribution < 1.29 is 0 Å². The number of nitrogens with one attached hydrogen (secondary N) is 1. The number of nitrogens with zero attached hydrogens (tertiary/aromatic N) is 3. The molecule has 0 saturated heterocycles. The molecule has 0 fully saturated rings. The van der Waals surface area contributed by atoms with Crippen LogP contribution in [-0.4, -0.2) is 16.5 Å². The predicted molar refractivity (Wildman–Crippen MR) is 120 cm³/mol. The maximum absolute atomic E-state index is 6.49. The normalized spacial score (nSPS) is 10.8. The Kier molecular flexibility index (Phi) is 5.12. The Morgan fingerprint density at radius 2 is 1.71 bits per heavy atom. The first kappa shape index (κ1) is 18.3. The van der Waals surface area contributed by atoms with Crippen molar-refractivity contribution in [2.45, 2.75) is 6.92 Å². The third kappa shape index (κ3) is 3.39. The van der Waals surface area contributed by atoms with E-state index < -0.39 is 0 Å². The first-order chi connectivity index (χ1) is 13.7. The molecule has 3 aromatic carbocycles. The summed E-state index contributed by atoms with van der Waals surface area (Å²) in [5, 5.41) is 5.63. The number of hydrogen-bond donors (Lipinski definition) is 2. The predicted octanol–water partition coefficient (Wildman–Crippen LogP) is 5.88. The second kappa shape index (κ2) is 7.86. The van der Waals surface area contributed by atoms with Crippen LogP contribution in [-0.2, 0) is 0 Å². The van der Waals surface area contributed by atoms with Gasteiger partial charge in [0.05, 0.1) is 11.4 Å². The van der Waals surface area contributed by atoms with Crippen molar-refractivity contribution in [2.75, 3.05) is 22.5 Å². The maximum Gasteiger partial charge on any atom is 0.161 e. The zero-order chi connectivity index (χ0) is 19.5. The van der Waals surface area contributed by atoms with E-state index in [2.05, 4.69) is 73.4 Å². The average Bonchev–Trinajstić information content (AvgIpc) is 2.73. The smallest absolute Gasteiger partial charge is 0.161 e. The number of halogens is 1. The molecular weight excluding hydrogens is 414 g/mol. The van der Waals surface area contributed by atoms with Crippen LogP contribution in [0.5, 0.6) is 0 Å². The zero-order valence-corrected chi connectivity index (χ0v) is 17.0. The zero-order valence-electron chi connectivity index (χ0n) is 15.4. The van der Waals surface area contributed by atoms with Gasteiger partial charge in [0, 0.05) is 16.4 Å². The van der Waals surface area contributed by atoms with E-state index in [4.69, 9.17) is 5.73 Å². The van der Waals surface area contributed by atoms with Crippen LogP contribution in [0.4, 0.5) is 28.7 Å². The highest BCUT2D eigenvalue weighted by Gasteiger charge is 2.18. The highest BCUT2D eigenvalue weighted by molar-refractivity contribution is 9.10. The first-order valence-corrected chi connectivity index (χ1v) is 9.85. The fourth-order valence-corrected chi connectivity index (χ4v) is 3.65. The van der Waals surface area contributed by atoms with Crippen molar-refractivity contribution in [3.05, 3.63) is 77.5 Å². The number of aromatic nitrogens is 2. The van der Waals surface area contributed by atoms with E-state index in [1.807, 2.05) is 36.4 Å². The van der Waals surface area contributed by atoms with Gasteiger partial charge in [-0.15, -0.1) is 0 Å². The van der Waals surface area contributed by atoms with Crippen molar-refractivity contribution in [1.29, 1.82) is 0 Å². The number of rotatable bonds is 5. The molecule has 0 aliphatic carbocycles. The van der Waals surface area contributed by atoms with Gasteiger partial charge in [-0.2, -0.15) is 0 Å². The fourth-order valence-electron chi connectivity index (χ4n) is 3.27. The molecule has 0 saturated carbocycles. The Labute approximate surface area is 172 Å². The average molecular weight is 434 g/mol. The summed E-state index contributed by atoms with van der Waals surface area (Å²) < 4.78 is 0.941. The number of fused-ring (bicyclic) bond motifs is 1. The van der Waals surface area contributed by atoms with Crippen LogP contribution >= 0.6 is 15.9 Å². The van der Waals surface area contributed by atoms with E-state index >= 15 is 0 Å². The fraction of sp³-hybridized carbons (Fsp3) is 0.0909. The molecule has 5 nitrogen and oxygen atoms in total. The van der Waals surface area contributed by atoms with Gasteiger partial charge in [-0.1, -0.05) is 48.5 Å². The summed E-state index contributed by atoms with van der Waals surface area (Å²) in [7, 11) is 0. The van der Waals surface area contributed by atoms with Gasteiger partial charge in [-0.05, 0) is 46.4 Å². The highest BCUT2D eigenvalue weighted by Crippen LogP contribution is 2.37. The van der Waals surface area contributed by atoms with Gasteiger partial charge >= 0.3 is 0 Å². The molecule has 3 N–H and O–H groups in total. The Hall–Kier alpha value is -3.12. The lowest BCUT2D eigenvalue weighted by atomic mass is 10.1. The Balaban J connectivity index is 1.78. The van der Waals surface area contributed by atoms with Crippen molar-refractivity contribution >= 4 is 55.4 Å². The molecule has 0 aliphatic rings. The Morgan fingerprint density at radius 3 is 2.54 bits per heavy atom. The van der Waals surface area contributed by atoms with Crippen LogP contribution in [0, 0.1) is 0 Å². The topological polar surface area (TPSA) is 67.1 Å². The number of nitrogens with two attached hydrogens (primary N) is 1. The van der Waals surface area contributed by atoms with Gasteiger partial charge in [0.1, 0.15) is 12.0 Å². The van der Waals surface area contributed by atoms with E-state index in [1.54, 1.807) is 6.33 Å². The maximum atomic E-state index is 6.49. The van der Waals surface area contributed by atoms with Crippen molar-refractivity contribution in [2.24, 2.45) is 0 Å². The minimum absolute atomic E-state index is 0.507. The minimum Gasteiger partial charge on any atom is -0.393 e. The third-order valence-electron chi connectivity index (χ3n) is 4.62. The monoisotopic (exact) mass is 433 g/mol. The van der Waals surface area contributed by atoms with Crippen LogP contribution in [0.1, 0.15) is 6.92 Å². The summed E-state index contributed by atoms with van der Waals surface area (Å²) in [6, 6.07) is 22.4. The van der Waals surface area contributed by atoms with Crippen molar-refractivity contribution in [3.63, 3.8) is 0 Å². The number of benzene rings is 3. The number of para-hydroxylation sites is 1. The standard InChI is InChI=1S/C22H20BrN5/c1-2-28(19-13-7-9-15-8-3-4-10-16(15)19)22-20(24)21(25-14-26-22)27-18-12-6-5-11-17(18)23/h3-14H,2,24H2,1H3,(H,25,26,27). The van der Waals surface area contributed by atoms with Crippen LogP contribution in [0.3, 0.4) is 0 Å². The molecular formula is C22H20BrN5. The van der Waals surface area contributed by atoms with E-state index in [-0.39, 0.29) is 0 Å². The van der Waals surface area contributed by atoms with Crippen LogP contribution in [0.25, 0.3) is 10.8 Å². The molecule has 0 bridgehead atoms. The second-order valence-electron chi connectivity index (χ2n) is 6.31. The quantitative estimate of drug-likeness (QED) is 0.411. The van der Waals surface area contributed by atoms with Gasteiger partial charge in [-0.25, -0.2) is 9.97 Å². The van der Waals surface area contributed by atoms with Gasteiger partial charge < -0.3 is 16.0 Å². The number of hydrogen-bond acceptors (Lipinski definition) is 5. The molecule has 0 aliphatic heterocycles. The second-order valence-corrected chi connectivity index (χ2v) is 7.16. The molecule has 0 atom stereocenters. The summed E-state index contributed by atoms with van der Waals surface area (Å²) >= 11 is 3.55. The summed E-state index contributed by atoms with van der Waals surface area (Å²) in [5.74, 6) is 1.26. The lowest BCUT2D eigenvalue weighted by Crippen LogP contribution is -2.20. The molecule has 4 aromatic rings. The largest absolute Gasteiger partial charge is 0.393 e. The van der Waals surface area contributed by atoms with Crippen LogP contribution in [0.2, 0.25) is 0 Å². The van der Waals surface area contributed by atoms with Gasteiger partial charge in [0.2, 0.25) is 0 Å². The molecule has 140 valence electrons. The summed E-state index contributed by atoms with van der Waals surface area (Å²) in [6.45, 7) is 2.81. The highest BCUT2D eigenvalue weighted by atomic mass is 79.9.